The highest BCUT2D eigenvalue weighted by Gasteiger charge is 2.22. The van der Waals surface area contributed by atoms with Crippen LogP contribution in [0.1, 0.15) is 30.3 Å². The van der Waals surface area contributed by atoms with E-state index in [1.165, 1.54) is 17.7 Å². The second-order valence-corrected chi connectivity index (χ2v) is 7.11. The van der Waals surface area contributed by atoms with Crippen LogP contribution in [0.2, 0.25) is 0 Å². The van der Waals surface area contributed by atoms with Gasteiger partial charge in [0, 0.05) is 38.9 Å². The predicted molar refractivity (Wildman–Crippen MR) is 94.9 cm³/mol. The molecule has 0 aromatic carbocycles. The van der Waals surface area contributed by atoms with Crippen molar-refractivity contribution in [1.82, 2.24) is 20.1 Å². The van der Waals surface area contributed by atoms with Crippen molar-refractivity contribution in [1.29, 1.82) is 0 Å². The fourth-order valence-electron chi connectivity index (χ4n) is 3.70. The van der Waals surface area contributed by atoms with Crippen molar-refractivity contribution in [2.75, 3.05) is 31.1 Å². The molecule has 1 atom stereocenters. The van der Waals surface area contributed by atoms with E-state index in [0.717, 1.165) is 63.0 Å². The van der Waals surface area contributed by atoms with Gasteiger partial charge in [-0.1, -0.05) is 13.0 Å². The van der Waals surface area contributed by atoms with E-state index in [4.69, 9.17) is 0 Å². The molecule has 0 spiro atoms. The van der Waals surface area contributed by atoms with Crippen LogP contribution in [0.5, 0.6) is 0 Å². The summed E-state index contributed by atoms with van der Waals surface area (Å²) in [6.07, 6.45) is 5.35. The van der Waals surface area contributed by atoms with E-state index in [0.29, 0.717) is 0 Å². The first-order chi connectivity index (χ1) is 11.8. The van der Waals surface area contributed by atoms with Crippen molar-refractivity contribution in [2.24, 2.45) is 5.92 Å². The van der Waals surface area contributed by atoms with Crippen molar-refractivity contribution in [3.63, 3.8) is 0 Å². The lowest BCUT2D eigenvalue weighted by molar-refractivity contribution is 0.246. The van der Waals surface area contributed by atoms with Crippen LogP contribution in [0.4, 0.5) is 5.82 Å². The minimum absolute atomic E-state index is 0.768. The number of rotatable bonds is 3. The monoisotopic (exact) mass is 323 g/mol. The van der Waals surface area contributed by atoms with Crippen molar-refractivity contribution in [3.05, 3.63) is 47.4 Å². The van der Waals surface area contributed by atoms with Crippen LogP contribution >= 0.6 is 0 Å². The zero-order valence-corrected chi connectivity index (χ0v) is 14.4. The van der Waals surface area contributed by atoms with E-state index < -0.39 is 0 Å². The van der Waals surface area contributed by atoms with E-state index in [1.54, 1.807) is 0 Å². The number of pyridine rings is 1. The van der Waals surface area contributed by atoms with Gasteiger partial charge in [0.25, 0.3) is 0 Å². The standard InChI is InChI=1S/C19H25N5/c1-15-5-6-18-16(12-15)13-19(22-21-18)24-10-8-23(9-11-24)14-17-4-2-3-7-20-17/h2-4,7,13,15H,5-6,8-12,14H2,1H3. The fraction of sp³-hybridized carbons (Fsp3) is 0.526. The number of nitrogens with zero attached hydrogens (tertiary/aromatic N) is 5. The Morgan fingerprint density at radius 2 is 2.00 bits per heavy atom. The number of aromatic nitrogens is 3. The maximum atomic E-state index is 4.50. The molecular formula is C19H25N5. The molecular weight excluding hydrogens is 298 g/mol. The summed E-state index contributed by atoms with van der Waals surface area (Å²) < 4.78 is 0. The number of hydrogen-bond acceptors (Lipinski definition) is 5. The second-order valence-electron chi connectivity index (χ2n) is 7.11. The highest BCUT2D eigenvalue weighted by Crippen LogP contribution is 2.26. The molecule has 0 amide bonds. The van der Waals surface area contributed by atoms with Crippen molar-refractivity contribution in [3.8, 4) is 0 Å². The minimum atomic E-state index is 0.768. The summed E-state index contributed by atoms with van der Waals surface area (Å²) in [6.45, 7) is 7.38. The van der Waals surface area contributed by atoms with Crippen LogP contribution in [0.15, 0.2) is 30.5 Å². The highest BCUT2D eigenvalue weighted by molar-refractivity contribution is 5.42. The topological polar surface area (TPSA) is 45.2 Å². The van der Waals surface area contributed by atoms with Gasteiger partial charge in [-0.05, 0) is 48.9 Å². The van der Waals surface area contributed by atoms with Crippen molar-refractivity contribution < 1.29 is 0 Å². The molecule has 4 rings (SSSR count). The van der Waals surface area contributed by atoms with Crippen LogP contribution in [0.3, 0.4) is 0 Å². The normalized spacial score (nSPS) is 21.5. The lowest BCUT2D eigenvalue weighted by Crippen LogP contribution is -2.46. The fourth-order valence-corrected chi connectivity index (χ4v) is 3.70. The lowest BCUT2D eigenvalue weighted by atomic mass is 9.88. The zero-order chi connectivity index (χ0) is 16.4. The first kappa shape index (κ1) is 15.5. The molecule has 1 saturated heterocycles. The van der Waals surface area contributed by atoms with E-state index >= 15 is 0 Å². The molecule has 5 heteroatoms. The van der Waals surface area contributed by atoms with Gasteiger partial charge in [-0.2, -0.15) is 5.10 Å². The summed E-state index contributed by atoms with van der Waals surface area (Å²) in [5.74, 6) is 1.82. The van der Waals surface area contributed by atoms with Gasteiger partial charge in [0.15, 0.2) is 5.82 Å². The van der Waals surface area contributed by atoms with E-state index in [2.05, 4.69) is 50.1 Å². The summed E-state index contributed by atoms with van der Waals surface area (Å²) >= 11 is 0. The van der Waals surface area contributed by atoms with Crippen LogP contribution in [0, 0.1) is 5.92 Å². The number of aryl methyl sites for hydroxylation is 1. The Hall–Kier alpha value is -2.01. The maximum absolute atomic E-state index is 4.50. The molecule has 0 N–H and O–H groups in total. The third kappa shape index (κ3) is 3.41. The zero-order valence-electron chi connectivity index (χ0n) is 14.4. The molecule has 2 aromatic heterocycles. The van der Waals surface area contributed by atoms with Crippen LogP contribution in [-0.4, -0.2) is 46.3 Å². The van der Waals surface area contributed by atoms with Gasteiger partial charge >= 0.3 is 0 Å². The Kier molecular flexibility index (Phi) is 4.43. The molecule has 2 aromatic rings. The largest absolute Gasteiger partial charge is 0.353 e. The van der Waals surface area contributed by atoms with Gasteiger partial charge in [-0.15, -0.1) is 5.10 Å². The lowest BCUT2D eigenvalue weighted by Gasteiger charge is -2.35. The number of piperazine rings is 1. The molecule has 0 bridgehead atoms. The average molecular weight is 323 g/mol. The third-order valence-electron chi connectivity index (χ3n) is 5.20. The van der Waals surface area contributed by atoms with E-state index in [1.807, 2.05) is 12.3 Å². The van der Waals surface area contributed by atoms with Gasteiger partial charge in [-0.3, -0.25) is 9.88 Å². The Bertz CT molecular complexity index is 679. The number of hydrogen-bond donors (Lipinski definition) is 0. The smallest absolute Gasteiger partial charge is 0.151 e. The van der Waals surface area contributed by atoms with Gasteiger partial charge in [0.1, 0.15) is 0 Å². The van der Waals surface area contributed by atoms with Crippen LogP contribution < -0.4 is 4.90 Å². The third-order valence-corrected chi connectivity index (χ3v) is 5.20. The maximum Gasteiger partial charge on any atom is 0.151 e. The first-order valence-corrected chi connectivity index (χ1v) is 9.00. The molecule has 126 valence electrons. The van der Waals surface area contributed by atoms with Gasteiger partial charge in [-0.25, -0.2) is 0 Å². The first-order valence-electron chi connectivity index (χ1n) is 9.00. The minimum Gasteiger partial charge on any atom is -0.353 e. The summed E-state index contributed by atoms with van der Waals surface area (Å²) in [5, 5.41) is 9.00. The van der Waals surface area contributed by atoms with Gasteiger partial charge < -0.3 is 4.90 Å². The Labute approximate surface area is 143 Å². The Balaban J connectivity index is 1.38. The number of anilines is 1. The predicted octanol–water partition coefficient (Wildman–Crippen LogP) is 2.32. The molecule has 5 nitrogen and oxygen atoms in total. The molecule has 1 fully saturated rings. The van der Waals surface area contributed by atoms with Crippen molar-refractivity contribution in [2.45, 2.75) is 32.7 Å². The van der Waals surface area contributed by atoms with E-state index in [-0.39, 0.29) is 0 Å². The van der Waals surface area contributed by atoms with Gasteiger partial charge in [0.05, 0.1) is 11.4 Å². The number of fused-ring (bicyclic) bond motifs is 1. The summed E-state index contributed by atoms with van der Waals surface area (Å²) in [4.78, 5) is 9.27. The average Bonchev–Trinajstić information content (AvgIpc) is 2.62. The summed E-state index contributed by atoms with van der Waals surface area (Å²) in [7, 11) is 0. The second kappa shape index (κ2) is 6.85. The molecule has 1 unspecified atom stereocenters. The molecule has 0 saturated carbocycles. The summed E-state index contributed by atoms with van der Waals surface area (Å²) in [5.41, 5.74) is 3.77. The SMILES string of the molecule is CC1CCc2nnc(N3CCN(Cc4ccccn4)CC3)cc2C1. The Morgan fingerprint density at radius 3 is 2.79 bits per heavy atom. The molecule has 3 heterocycles. The quantitative estimate of drug-likeness (QED) is 0.867. The highest BCUT2D eigenvalue weighted by atomic mass is 15.3. The molecule has 0 radical (unpaired) electrons. The van der Waals surface area contributed by atoms with Crippen LogP contribution in [0.25, 0.3) is 0 Å². The van der Waals surface area contributed by atoms with E-state index in [9.17, 15) is 0 Å². The van der Waals surface area contributed by atoms with Crippen LogP contribution in [-0.2, 0) is 19.4 Å². The van der Waals surface area contributed by atoms with Gasteiger partial charge in [0.2, 0.25) is 0 Å². The molecule has 2 aliphatic rings. The summed E-state index contributed by atoms with van der Waals surface area (Å²) in [6, 6.07) is 8.41. The Morgan fingerprint density at radius 1 is 1.12 bits per heavy atom. The molecule has 1 aliphatic carbocycles. The molecule has 1 aliphatic heterocycles. The molecule has 24 heavy (non-hydrogen) atoms. The van der Waals surface area contributed by atoms with Crippen molar-refractivity contribution >= 4 is 5.82 Å².